The van der Waals surface area contributed by atoms with Gasteiger partial charge in [0.2, 0.25) is 15.9 Å². The molecule has 0 radical (unpaired) electrons. The summed E-state index contributed by atoms with van der Waals surface area (Å²) >= 11 is 0.788. The molecule has 0 aliphatic carbocycles. The summed E-state index contributed by atoms with van der Waals surface area (Å²) in [6.07, 6.45) is 1.85. The summed E-state index contributed by atoms with van der Waals surface area (Å²) in [5, 5.41) is 13.3. The van der Waals surface area contributed by atoms with E-state index in [2.05, 4.69) is 10.3 Å². The van der Waals surface area contributed by atoms with Gasteiger partial charge in [0.05, 0.1) is 9.82 Å². The topological polar surface area (TPSA) is 123 Å². The number of sulfonamides is 1. The fourth-order valence-corrected chi connectivity index (χ4v) is 4.94. The molecule has 1 aliphatic rings. The minimum absolute atomic E-state index is 0.149. The van der Waals surface area contributed by atoms with Crippen LogP contribution in [0.15, 0.2) is 35.4 Å². The molecule has 1 N–H and O–H groups in total. The highest BCUT2D eigenvalue weighted by atomic mass is 32.2. The van der Waals surface area contributed by atoms with Crippen molar-refractivity contribution in [1.82, 2.24) is 9.29 Å². The highest BCUT2D eigenvalue weighted by molar-refractivity contribution is 7.89. The molecule has 0 bridgehead atoms. The van der Waals surface area contributed by atoms with Crippen LogP contribution in [0, 0.1) is 23.0 Å². The molecule has 1 aromatic carbocycles. The maximum absolute atomic E-state index is 12.7. The van der Waals surface area contributed by atoms with E-state index in [1.165, 1.54) is 4.31 Å². The molecule has 1 saturated heterocycles. The van der Waals surface area contributed by atoms with Gasteiger partial charge in [-0.15, -0.1) is 0 Å². The zero-order valence-electron chi connectivity index (χ0n) is 14.5. The number of carbonyl (C=O) groups is 1. The van der Waals surface area contributed by atoms with Gasteiger partial charge in [-0.3, -0.25) is 14.9 Å². The third-order valence-electron chi connectivity index (χ3n) is 4.39. The molecule has 1 fully saturated rings. The number of benzene rings is 1. The lowest BCUT2D eigenvalue weighted by atomic mass is 9.97. The van der Waals surface area contributed by atoms with Gasteiger partial charge in [0.1, 0.15) is 6.20 Å². The number of nitrogens with zero attached hydrogens (tertiary/aromatic N) is 3. The smallest absolute Gasteiger partial charge is 0.302 e. The quantitative estimate of drug-likeness (QED) is 0.596. The second-order valence-electron chi connectivity index (χ2n) is 6.24. The van der Waals surface area contributed by atoms with Crippen LogP contribution < -0.4 is 5.32 Å². The van der Waals surface area contributed by atoms with E-state index in [0.29, 0.717) is 12.8 Å². The van der Waals surface area contributed by atoms with E-state index in [1.807, 2.05) is 6.92 Å². The Labute approximate surface area is 160 Å². The number of aryl methyl sites for hydroxylation is 1. The Bertz CT molecular complexity index is 947. The van der Waals surface area contributed by atoms with Crippen LogP contribution in [0.3, 0.4) is 0 Å². The van der Waals surface area contributed by atoms with E-state index in [-0.39, 0.29) is 39.9 Å². The first-order valence-corrected chi connectivity index (χ1v) is 10.5. The highest BCUT2D eigenvalue weighted by Crippen LogP contribution is 2.28. The van der Waals surface area contributed by atoms with Crippen molar-refractivity contribution in [1.29, 1.82) is 0 Å². The molecular weight excluding hydrogens is 392 g/mol. The number of hydrogen-bond donors (Lipinski definition) is 1. The number of aromatic nitrogens is 1. The summed E-state index contributed by atoms with van der Waals surface area (Å²) in [7, 11) is -3.58. The largest absolute Gasteiger partial charge is 0.345 e. The third-order valence-corrected chi connectivity index (χ3v) is 7.16. The zero-order valence-corrected chi connectivity index (χ0v) is 16.1. The fourth-order valence-electron chi connectivity index (χ4n) is 2.83. The van der Waals surface area contributed by atoms with Gasteiger partial charge in [-0.25, -0.2) is 13.4 Å². The van der Waals surface area contributed by atoms with Gasteiger partial charge >= 0.3 is 5.00 Å². The van der Waals surface area contributed by atoms with Crippen LogP contribution in [-0.2, 0) is 14.8 Å². The zero-order chi connectivity index (χ0) is 19.6. The molecule has 3 rings (SSSR count). The molecule has 27 heavy (non-hydrogen) atoms. The number of nitrogens with one attached hydrogen (secondary N) is 1. The lowest BCUT2D eigenvalue weighted by molar-refractivity contribution is -0.380. The van der Waals surface area contributed by atoms with Gasteiger partial charge in [-0.05, 0) is 43.2 Å². The average molecular weight is 410 g/mol. The fraction of sp³-hybridized carbons (Fsp3) is 0.375. The van der Waals surface area contributed by atoms with Gasteiger partial charge in [-0.1, -0.05) is 17.7 Å². The van der Waals surface area contributed by atoms with Crippen LogP contribution in [-0.4, -0.2) is 41.6 Å². The molecule has 0 atom stereocenters. The monoisotopic (exact) mass is 410 g/mol. The van der Waals surface area contributed by atoms with Crippen molar-refractivity contribution >= 4 is 37.4 Å². The van der Waals surface area contributed by atoms with Crippen LogP contribution >= 0.6 is 11.3 Å². The van der Waals surface area contributed by atoms with Crippen molar-refractivity contribution in [2.24, 2.45) is 5.92 Å². The number of hydrogen-bond acceptors (Lipinski definition) is 7. The maximum atomic E-state index is 12.7. The standard InChI is InChI=1S/C16H18N4O5S2/c1-11-2-4-13(5-3-11)27(24,25)19-8-6-12(7-9-19)15(21)18-16-17-10-14(26-16)20(22)23/h2-5,10,12H,6-9H2,1H3,(H,17,18,21). The van der Waals surface area contributed by atoms with Crippen molar-refractivity contribution in [3.63, 3.8) is 0 Å². The first-order valence-electron chi connectivity index (χ1n) is 8.25. The van der Waals surface area contributed by atoms with Crippen LogP contribution in [0.25, 0.3) is 0 Å². The second-order valence-corrected chi connectivity index (χ2v) is 9.19. The van der Waals surface area contributed by atoms with Crippen molar-refractivity contribution in [2.75, 3.05) is 18.4 Å². The van der Waals surface area contributed by atoms with Gasteiger partial charge in [0.25, 0.3) is 0 Å². The van der Waals surface area contributed by atoms with Crippen LogP contribution in [0.2, 0.25) is 0 Å². The molecule has 0 spiro atoms. The van der Waals surface area contributed by atoms with Gasteiger partial charge in [-0.2, -0.15) is 4.31 Å². The molecule has 1 amide bonds. The van der Waals surface area contributed by atoms with E-state index in [4.69, 9.17) is 0 Å². The minimum Gasteiger partial charge on any atom is -0.302 e. The third kappa shape index (κ3) is 4.31. The molecule has 2 heterocycles. The number of thiazole rings is 1. The Morgan fingerprint density at radius 3 is 2.48 bits per heavy atom. The lowest BCUT2D eigenvalue weighted by Gasteiger charge is -2.30. The van der Waals surface area contributed by atoms with Crippen molar-refractivity contribution in [3.8, 4) is 0 Å². The number of anilines is 1. The van der Waals surface area contributed by atoms with Crippen LogP contribution in [0.4, 0.5) is 10.1 Å². The Morgan fingerprint density at radius 2 is 1.93 bits per heavy atom. The summed E-state index contributed by atoms with van der Waals surface area (Å²) in [4.78, 5) is 26.5. The van der Waals surface area contributed by atoms with Crippen molar-refractivity contribution < 1.29 is 18.1 Å². The van der Waals surface area contributed by atoms with Gasteiger partial charge < -0.3 is 5.32 Å². The Kier molecular flexibility index (Phi) is 5.53. The molecular formula is C16H18N4O5S2. The Hall–Kier alpha value is -2.37. The van der Waals surface area contributed by atoms with E-state index in [9.17, 15) is 23.3 Å². The molecule has 0 unspecified atom stereocenters. The number of amides is 1. The molecule has 9 nitrogen and oxygen atoms in total. The molecule has 0 saturated carbocycles. The summed E-state index contributed by atoms with van der Waals surface area (Å²) < 4.78 is 26.8. The normalized spacial score (nSPS) is 16.2. The summed E-state index contributed by atoms with van der Waals surface area (Å²) in [6, 6.07) is 6.66. The van der Waals surface area contributed by atoms with E-state index >= 15 is 0 Å². The first-order chi connectivity index (χ1) is 12.8. The number of piperidine rings is 1. The first kappa shape index (κ1) is 19.4. The van der Waals surface area contributed by atoms with Crippen LogP contribution in [0.5, 0.6) is 0 Å². The molecule has 2 aromatic rings. The summed E-state index contributed by atoms with van der Waals surface area (Å²) in [5.74, 6) is -0.663. The van der Waals surface area contributed by atoms with Gasteiger partial charge in [0, 0.05) is 19.0 Å². The number of rotatable bonds is 5. The average Bonchev–Trinajstić information content (AvgIpc) is 3.11. The van der Waals surface area contributed by atoms with E-state index in [1.54, 1.807) is 24.3 Å². The minimum atomic E-state index is -3.58. The Balaban J connectivity index is 1.60. The predicted octanol–water partition coefficient (Wildman–Crippen LogP) is 2.40. The SMILES string of the molecule is Cc1ccc(S(=O)(=O)N2CCC(C(=O)Nc3ncc([N+](=O)[O-])s3)CC2)cc1. The van der Waals surface area contributed by atoms with Crippen LogP contribution in [0.1, 0.15) is 18.4 Å². The van der Waals surface area contributed by atoms with E-state index < -0.39 is 14.9 Å². The maximum Gasteiger partial charge on any atom is 0.345 e. The number of carbonyl (C=O) groups excluding carboxylic acids is 1. The van der Waals surface area contributed by atoms with Crippen molar-refractivity contribution in [2.45, 2.75) is 24.7 Å². The molecule has 1 aliphatic heterocycles. The van der Waals surface area contributed by atoms with E-state index in [0.717, 1.165) is 23.1 Å². The molecule has 144 valence electrons. The second kappa shape index (κ2) is 7.71. The summed E-state index contributed by atoms with van der Waals surface area (Å²) in [6.45, 7) is 2.37. The predicted molar refractivity (Wildman–Crippen MR) is 100 cm³/mol. The molecule has 11 heteroatoms. The lowest BCUT2D eigenvalue weighted by Crippen LogP contribution is -2.41. The molecule has 1 aromatic heterocycles. The highest BCUT2D eigenvalue weighted by Gasteiger charge is 2.32. The Morgan fingerprint density at radius 1 is 1.30 bits per heavy atom. The van der Waals surface area contributed by atoms with Crippen molar-refractivity contribution in [3.05, 3.63) is 46.1 Å². The summed E-state index contributed by atoms with van der Waals surface area (Å²) in [5.41, 5.74) is 0.978. The van der Waals surface area contributed by atoms with Gasteiger partial charge in [0.15, 0.2) is 5.13 Å². The number of nitro groups is 1.